The number of carbonyl (C=O) groups excluding carboxylic acids is 2. The molecular weight excluding hydrogens is 495 g/mol. The van der Waals surface area contributed by atoms with Crippen molar-refractivity contribution in [1.82, 2.24) is 0 Å². The van der Waals surface area contributed by atoms with E-state index >= 15 is 0 Å². The van der Waals surface area contributed by atoms with Crippen LogP contribution in [-0.2, 0) is 22.1 Å². The summed E-state index contributed by atoms with van der Waals surface area (Å²) in [5.41, 5.74) is -1.20. The maximum absolute atomic E-state index is 12.8. The van der Waals surface area contributed by atoms with E-state index in [0.29, 0.717) is 6.07 Å². The van der Waals surface area contributed by atoms with E-state index in [1.54, 1.807) is 0 Å². The van der Waals surface area contributed by atoms with Crippen LogP contribution in [0.15, 0.2) is 60.7 Å². The lowest BCUT2D eigenvalue weighted by Gasteiger charge is -2.12. The quantitative estimate of drug-likeness (QED) is 0.166. The third kappa shape index (κ3) is 6.48. The predicted octanol–water partition coefficient (Wildman–Crippen LogP) is 5.99. The van der Waals surface area contributed by atoms with Gasteiger partial charge in [-0.3, -0.25) is 14.9 Å². The number of halogens is 4. The lowest BCUT2D eigenvalue weighted by atomic mass is 10.1. The van der Waals surface area contributed by atoms with Gasteiger partial charge in [-0.15, -0.1) is 0 Å². The number of nitrogens with zero attached hydrogens (tertiary/aromatic N) is 1. The first-order valence-electron chi connectivity index (χ1n) is 9.69. The number of alkyl halides is 3. The number of rotatable bonds is 7. The van der Waals surface area contributed by atoms with E-state index in [1.807, 2.05) is 0 Å². The van der Waals surface area contributed by atoms with Crippen LogP contribution in [0.2, 0.25) is 5.02 Å². The van der Waals surface area contributed by atoms with Crippen molar-refractivity contribution < 1.29 is 41.9 Å². The second-order valence-corrected chi connectivity index (χ2v) is 7.37. The number of hydrogen-bond donors (Lipinski definition) is 0. The van der Waals surface area contributed by atoms with Crippen molar-refractivity contribution in [3.05, 3.63) is 92.5 Å². The molecule has 0 atom stereocenters. The number of ether oxygens (including phenoxy) is 3. The van der Waals surface area contributed by atoms with Crippen LogP contribution < -0.4 is 9.47 Å². The Bertz CT molecular complexity index is 1280. The number of methoxy groups -OCH3 is 1. The standard InChI is InChI=1S/C23H15ClF3NO7/c1-33-22(30)13-2-5-16(6-3-13)35-21(29)11-14-10-17(7-8-19(14)28(31)32)34-20-9-4-15(12-18(20)24)23(25,26)27/h2-10,12H,11H2,1H3. The zero-order valence-electron chi connectivity index (χ0n) is 17.8. The van der Waals surface area contributed by atoms with Gasteiger partial charge in [0.25, 0.3) is 5.69 Å². The Labute approximate surface area is 200 Å². The summed E-state index contributed by atoms with van der Waals surface area (Å²) >= 11 is 5.89. The van der Waals surface area contributed by atoms with Crippen molar-refractivity contribution in [2.75, 3.05) is 7.11 Å². The fourth-order valence-corrected chi connectivity index (χ4v) is 3.15. The minimum absolute atomic E-state index is 0.00231. The Morgan fingerprint density at radius 3 is 2.23 bits per heavy atom. The molecule has 35 heavy (non-hydrogen) atoms. The predicted molar refractivity (Wildman–Crippen MR) is 117 cm³/mol. The molecule has 3 rings (SSSR count). The molecular formula is C23H15ClF3NO7. The molecule has 0 N–H and O–H groups in total. The first-order chi connectivity index (χ1) is 16.5. The highest BCUT2D eigenvalue weighted by atomic mass is 35.5. The molecule has 0 aliphatic rings. The average Bonchev–Trinajstić information content (AvgIpc) is 2.79. The van der Waals surface area contributed by atoms with Crippen LogP contribution in [0.25, 0.3) is 0 Å². The number of benzene rings is 3. The summed E-state index contributed by atoms with van der Waals surface area (Å²) in [4.78, 5) is 34.5. The van der Waals surface area contributed by atoms with E-state index in [0.717, 1.165) is 18.2 Å². The zero-order chi connectivity index (χ0) is 25.8. The van der Waals surface area contributed by atoms with Gasteiger partial charge in [-0.05, 0) is 54.6 Å². The molecule has 0 bridgehead atoms. The second-order valence-electron chi connectivity index (χ2n) is 6.96. The number of nitro groups is 1. The lowest BCUT2D eigenvalue weighted by Crippen LogP contribution is -2.12. The summed E-state index contributed by atoms with van der Waals surface area (Å²) in [6.45, 7) is 0. The summed E-state index contributed by atoms with van der Waals surface area (Å²) in [5, 5.41) is 11.1. The van der Waals surface area contributed by atoms with Gasteiger partial charge in [0, 0.05) is 11.6 Å². The maximum atomic E-state index is 12.8. The summed E-state index contributed by atoms with van der Waals surface area (Å²) in [5.74, 6) is -1.45. The first-order valence-corrected chi connectivity index (χ1v) is 10.1. The molecule has 182 valence electrons. The molecule has 0 unspecified atom stereocenters. The number of hydrogen-bond acceptors (Lipinski definition) is 7. The van der Waals surface area contributed by atoms with Crippen LogP contribution in [0.1, 0.15) is 21.5 Å². The summed E-state index contributed by atoms with van der Waals surface area (Å²) in [6.07, 6.45) is -5.12. The number of esters is 2. The molecule has 0 amide bonds. The third-order valence-corrected chi connectivity index (χ3v) is 4.87. The van der Waals surface area contributed by atoms with Crippen LogP contribution in [0.5, 0.6) is 17.2 Å². The summed E-state index contributed by atoms with van der Waals surface area (Å²) in [6, 6.07) is 11.4. The number of nitro benzene ring substituents is 1. The Balaban J connectivity index is 1.78. The highest BCUT2D eigenvalue weighted by molar-refractivity contribution is 6.32. The molecule has 12 heteroatoms. The van der Waals surface area contributed by atoms with E-state index in [9.17, 15) is 32.9 Å². The summed E-state index contributed by atoms with van der Waals surface area (Å²) < 4.78 is 53.7. The summed E-state index contributed by atoms with van der Waals surface area (Å²) in [7, 11) is 1.21. The highest BCUT2D eigenvalue weighted by Gasteiger charge is 2.31. The van der Waals surface area contributed by atoms with Crippen LogP contribution in [0, 0.1) is 10.1 Å². The molecule has 0 aliphatic carbocycles. The van der Waals surface area contributed by atoms with Gasteiger partial charge >= 0.3 is 18.1 Å². The highest BCUT2D eigenvalue weighted by Crippen LogP contribution is 2.37. The van der Waals surface area contributed by atoms with Crippen molar-refractivity contribution in [1.29, 1.82) is 0 Å². The van der Waals surface area contributed by atoms with Gasteiger partial charge in [0.1, 0.15) is 17.2 Å². The van der Waals surface area contributed by atoms with Crippen LogP contribution in [0.3, 0.4) is 0 Å². The topological polar surface area (TPSA) is 105 Å². The van der Waals surface area contributed by atoms with E-state index in [4.69, 9.17) is 21.1 Å². The molecule has 0 aliphatic heterocycles. The van der Waals surface area contributed by atoms with Crippen molar-refractivity contribution in [2.45, 2.75) is 12.6 Å². The molecule has 3 aromatic rings. The second kappa shape index (κ2) is 10.4. The van der Waals surface area contributed by atoms with Gasteiger partial charge in [-0.25, -0.2) is 4.79 Å². The van der Waals surface area contributed by atoms with Crippen LogP contribution >= 0.6 is 11.6 Å². The van der Waals surface area contributed by atoms with E-state index in [2.05, 4.69) is 4.74 Å². The Morgan fingerprint density at radius 1 is 1.00 bits per heavy atom. The molecule has 3 aromatic carbocycles. The molecule has 0 saturated heterocycles. The molecule has 0 saturated carbocycles. The lowest BCUT2D eigenvalue weighted by molar-refractivity contribution is -0.385. The first kappa shape index (κ1) is 25.5. The molecule has 0 aromatic heterocycles. The largest absolute Gasteiger partial charge is 0.465 e. The van der Waals surface area contributed by atoms with Crippen molar-refractivity contribution in [3.63, 3.8) is 0 Å². The Morgan fingerprint density at radius 2 is 1.66 bits per heavy atom. The molecule has 0 heterocycles. The average molecular weight is 510 g/mol. The monoisotopic (exact) mass is 509 g/mol. The molecule has 8 nitrogen and oxygen atoms in total. The van der Waals surface area contributed by atoms with Gasteiger partial charge < -0.3 is 14.2 Å². The zero-order valence-corrected chi connectivity index (χ0v) is 18.6. The maximum Gasteiger partial charge on any atom is 0.416 e. The minimum Gasteiger partial charge on any atom is -0.465 e. The van der Waals surface area contributed by atoms with Gasteiger partial charge in [0.05, 0.1) is 34.6 Å². The molecule has 0 spiro atoms. The molecule has 0 fully saturated rings. The van der Waals surface area contributed by atoms with E-state index in [1.165, 1.54) is 43.5 Å². The van der Waals surface area contributed by atoms with Crippen molar-refractivity contribution >= 4 is 29.2 Å². The molecule has 0 radical (unpaired) electrons. The Hall–Kier alpha value is -4.12. The fraction of sp³-hybridized carbons (Fsp3) is 0.130. The van der Waals surface area contributed by atoms with Gasteiger partial charge in [-0.1, -0.05) is 11.6 Å². The van der Waals surface area contributed by atoms with Gasteiger partial charge in [0.15, 0.2) is 0 Å². The van der Waals surface area contributed by atoms with Crippen LogP contribution in [0.4, 0.5) is 18.9 Å². The normalized spacial score (nSPS) is 11.0. The minimum atomic E-state index is -4.59. The van der Waals surface area contributed by atoms with Gasteiger partial charge in [-0.2, -0.15) is 13.2 Å². The Kier molecular flexibility index (Phi) is 7.60. The van der Waals surface area contributed by atoms with E-state index in [-0.39, 0.29) is 33.4 Å². The smallest absolute Gasteiger partial charge is 0.416 e. The van der Waals surface area contributed by atoms with Crippen molar-refractivity contribution in [2.24, 2.45) is 0 Å². The van der Waals surface area contributed by atoms with E-state index < -0.39 is 40.7 Å². The number of carbonyl (C=O) groups is 2. The fourth-order valence-electron chi connectivity index (χ4n) is 2.93. The van der Waals surface area contributed by atoms with Crippen molar-refractivity contribution in [3.8, 4) is 17.2 Å². The van der Waals surface area contributed by atoms with Gasteiger partial charge in [0.2, 0.25) is 0 Å². The third-order valence-electron chi connectivity index (χ3n) is 4.58. The SMILES string of the molecule is COC(=O)c1ccc(OC(=O)Cc2cc(Oc3ccc(C(F)(F)F)cc3Cl)ccc2[N+](=O)[O-])cc1. The van der Waals surface area contributed by atoms with Crippen LogP contribution in [-0.4, -0.2) is 24.0 Å².